The molecule has 1 atom stereocenters. The summed E-state index contributed by atoms with van der Waals surface area (Å²) in [6, 6.07) is 80.2. The van der Waals surface area contributed by atoms with Gasteiger partial charge in [0, 0.05) is 32.9 Å². The molecule has 0 aliphatic heterocycles. The van der Waals surface area contributed by atoms with Gasteiger partial charge < -0.3 is 4.42 Å². The maximum Gasteiger partial charge on any atom is 0.160 e. The maximum absolute atomic E-state index is 6.28. The summed E-state index contributed by atoms with van der Waals surface area (Å²) in [5.74, 6) is 0.686. The Bertz CT molecular complexity index is 3460. The van der Waals surface area contributed by atoms with Gasteiger partial charge in [0.15, 0.2) is 5.82 Å². The molecular weight excluding hydrogens is 765 g/mol. The Labute approximate surface area is 366 Å². The summed E-state index contributed by atoms with van der Waals surface area (Å²) < 4.78 is 6.28. The number of nitrogens with zero attached hydrogens (tertiary/aromatic N) is 2. The number of rotatable bonds is 7. The highest BCUT2D eigenvalue weighted by Crippen LogP contribution is 2.53. The average Bonchev–Trinajstić information content (AvgIpc) is 3.87. The Kier molecular flexibility index (Phi) is 8.62. The molecule has 1 aliphatic carbocycles. The van der Waals surface area contributed by atoms with Crippen molar-refractivity contribution in [2.75, 3.05) is 0 Å². The maximum atomic E-state index is 6.28. The predicted octanol–water partition coefficient (Wildman–Crippen LogP) is 15.7. The van der Waals surface area contributed by atoms with Crippen LogP contribution in [0.5, 0.6) is 0 Å². The van der Waals surface area contributed by atoms with Gasteiger partial charge in [0.25, 0.3) is 0 Å². The molecule has 0 saturated carbocycles. The molecule has 12 rings (SSSR count). The van der Waals surface area contributed by atoms with Crippen molar-refractivity contribution in [3.8, 4) is 78.4 Å². The highest BCUT2D eigenvalue weighted by molar-refractivity contribution is 6.06. The minimum Gasteiger partial charge on any atom is -0.456 e. The number of hydrogen-bond donors (Lipinski definition) is 0. The van der Waals surface area contributed by atoms with Crippen LogP contribution in [0.2, 0.25) is 0 Å². The van der Waals surface area contributed by atoms with Gasteiger partial charge in [-0.3, -0.25) is 0 Å². The first kappa shape index (κ1) is 36.7. The third kappa shape index (κ3) is 6.20. The van der Waals surface area contributed by atoms with Crippen molar-refractivity contribution in [2.45, 2.75) is 12.3 Å². The molecule has 0 N–H and O–H groups in total. The molecule has 0 spiro atoms. The topological polar surface area (TPSA) is 38.9 Å². The molecule has 11 aromatic rings. The quantitative estimate of drug-likeness (QED) is 0.161. The lowest BCUT2D eigenvalue weighted by Gasteiger charge is -2.28. The zero-order valence-electron chi connectivity index (χ0n) is 34.7. The van der Waals surface area contributed by atoms with Gasteiger partial charge in [-0.1, -0.05) is 176 Å². The van der Waals surface area contributed by atoms with E-state index in [4.69, 9.17) is 14.4 Å². The van der Waals surface area contributed by atoms with E-state index in [-0.39, 0.29) is 5.41 Å². The zero-order valence-corrected chi connectivity index (χ0v) is 34.7. The molecule has 0 radical (unpaired) electrons. The van der Waals surface area contributed by atoms with Crippen LogP contribution in [0.1, 0.15) is 23.6 Å². The van der Waals surface area contributed by atoms with E-state index in [0.717, 1.165) is 72.3 Å². The SMILES string of the molecule is CC1(c2ccccc2)c2ccccc2-c2ccc(-c3ccccc3-c3cc(-c4ccc5oc6ccccc6c5c4)cc(-c4cc(-c5ccccc5)nc(-c5ccccc5)n4)c3)cc21. The van der Waals surface area contributed by atoms with Gasteiger partial charge >= 0.3 is 0 Å². The lowest BCUT2D eigenvalue weighted by Crippen LogP contribution is -2.22. The summed E-state index contributed by atoms with van der Waals surface area (Å²) in [5, 5.41) is 2.20. The van der Waals surface area contributed by atoms with Crippen LogP contribution in [0, 0.1) is 0 Å². The van der Waals surface area contributed by atoms with E-state index < -0.39 is 0 Å². The van der Waals surface area contributed by atoms with Crippen LogP contribution in [-0.4, -0.2) is 9.97 Å². The second kappa shape index (κ2) is 14.8. The van der Waals surface area contributed by atoms with Crippen molar-refractivity contribution in [1.29, 1.82) is 0 Å². The summed E-state index contributed by atoms with van der Waals surface area (Å²) in [5.41, 5.74) is 19.5. The van der Waals surface area contributed by atoms with Gasteiger partial charge in [0.1, 0.15) is 11.2 Å². The Morgan fingerprint density at radius 3 is 1.67 bits per heavy atom. The predicted molar refractivity (Wildman–Crippen MR) is 259 cm³/mol. The summed E-state index contributed by atoms with van der Waals surface area (Å²) >= 11 is 0. The summed E-state index contributed by atoms with van der Waals surface area (Å²) in [4.78, 5) is 10.4. The fourth-order valence-corrected chi connectivity index (χ4v) is 9.80. The standard InChI is InChI=1S/C60H40N2O/c1-60(46-21-9-4-10-22-46)53-27-15-13-25-49(53)50-31-29-42(37-54(50)60)47-23-11-12-24-48(47)44-33-43(41-30-32-58-52(36-41)51-26-14-16-28-57(51)63-58)34-45(35-44)56-38-55(39-17-5-2-6-18-39)61-59(62-56)40-19-7-3-8-20-40/h2-38H,1H3. The molecule has 0 amide bonds. The van der Waals surface area contributed by atoms with E-state index in [0.29, 0.717) is 5.82 Å². The van der Waals surface area contributed by atoms with E-state index in [2.05, 4.69) is 195 Å². The van der Waals surface area contributed by atoms with Crippen molar-refractivity contribution < 1.29 is 4.42 Å². The number of aromatic nitrogens is 2. The number of benzene rings is 9. The molecule has 296 valence electrons. The number of furan rings is 1. The van der Waals surface area contributed by atoms with Gasteiger partial charge in [0.2, 0.25) is 0 Å². The van der Waals surface area contributed by atoms with E-state index in [1.165, 1.54) is 38.9 Å². The van der Waals surface area contributed by atoms with Crippen LogP contribution in [0.25, 0.3) is 100 Å². The van der Waals surface area contributed by atoms with Crippen LogP contribution in [0.15, 0.2) is 229 Å². The number of hydrogen-bond acceptors (Lipinski definition) is 3. The fourth-order valence-electron chi connectivity index (χ4n) is 9.80. The van der Waals surface area contributed by atoms with Gasteiger partial charge in [0.05, 0.1) is 11.4 Å². The van der Waals surface area contributed by atoms with Crippen LogP contribution >= 0.6 is 0 Å². The Morgan fingerprint density at radius 2 is 0.889 bits per heavy atom. The summed E-state index contributed by atoms with van der Waals surface area (Å²) in [6.45, 7) is 2.38. The van der Waals surface area contributed by atoms with Crippen LogP contribution in [0.4, 0.5) is 0 Å². The molecule has 2 heterocycles. The van der Waals surface area contributed by atoms with Crippen LogP contribution in [-0.2, 0) is 5.41 Å². The first-order valence-corrected chi connectivity index (χ1v) is 21.6. The van der Waals surface area contributed by atoms with Gasteiger partial charge in [-0.2, -0.15) is 0 Å². The molecule has 63 heavy (non-hydrogen) atoms. The molecule has 2 aromatic heterocycles. The van der Waals surface area contributed by atoms with Gasteiger partial charge in [-0.05, 0) is 117 Å². The molecular formula is C60H40N2O. The zero-order chi connectivity index (χ0) is 41.9. The molecule has 0 bridgehead atoms. The largest absolute Gasteiger partial charge is 0.456 e. The van der Waals surface area contributed by atoms with E-state index in [1.54, 1.807) is 0 Å². The molecule has 1 unspecified atom stereocenters. The Balaban J connectivity index is 1.07. The minimum atomic E-state index is -0.305. The second-order valence-corrected chi connectivity index (χ2v) is 16.6. The van der Waals surface area contributed by atoms with E-state index in [1.807, 2.05) is 36.4 Å². The first-order valence-electron chi connectivity index (χ1n) is 21.6. The number of para-hydroxylation sites is 1. The van der Waals surface area contributed by atoms with Crippen molar-refractivity contribution in [3.63, 3.8) is 0 Å². The molecule has 0 saturated heterocycles. The third-order valence-electron chi connectivity index (χ3n) is 13.0. The third-order valence-corrected chi connectivity index (χ3v) is 13.0. The normalized spacial score (nSPS) is 14.2. The first-order chi connectivity index (χ1) is 31.1. The van der Waals surface area contributed by atoms with Crippen molar-refractivity contribution in [2.24, 2.45) is 0 Å². The monoisotopic (exact) mass is 804 g/mol. The van der Waals surface area contributed by atoms with Gasteiger partial charge in [-0.15, -0.1) is 0 Å². The Hall–Kier alpha value is -8.14. The average molecular weight is 805 g/mol. The van der Waals surface area contributed by atoms with Crippen molar-refractivity contribution >= 4 is 21.9 Å². The van der Waals surface area contributed by atoms with Crippen molar-refractivity contribution in [3.05, 3.63) is 241 Å². The molecule has 3 nitrogen and oxygen atoms in total. The highest BCUT2D eigenvalue weighted by Gasteiger charge is 2.40. The minimum absolute atomic E-state index is 0.305. The molecule has 1 aliphatic rings. The Morgan fingerprint density at radius 1 is 0.333 bits per heavy atom. The smallest absolute Gasteiger partial charge is 0.160 e. The summed E-state index contributed by atoms with van der Waals surface area (Å²) in [7, 11) is 0. The van der Waals surface area contributed by atoms with E-state index in [9.17, 15) is 0 Å². The molecule has 9 aromatic carbocycles. The molecule has 0 fully saturated rings. The molecule has 3 heteroatoms. The lowest BCUT2D eigenvalue weighted by molar-refractivity contribution is 0.669. The van der Waals surface area contributed by atoms with Gasteiger partial charge in [-0.25, -0.2) is 9.97 Å². The fraction of sp³-hybridized carbons (Fsp3) is 0.0333. The number of fused-ring (bicyclic) bond motifs is 6. The lowest BCUT2D eigenvalue weighted by atomic mass is 9.74. The van der Waals surface area contributed by atoms with Crippen molar-refractivity contribution in [1.82, 2.24) is 9.97 Å². The van der Waals surface area contributed by atoms with Crippen LogP contribution < -0.4 is 0 Å². The van der Waals surface area contributed by atoms with Crippen LogP contribution in [0.3, 0.4) is 0 Å². The summed E-state index contributed by atoms with van der Waals surface area (Å²) in [6.07, 6.45) is 0. The van der Waals surface area contributed by atoms with E-state index >= 15 is 0 Å². The highest BCUT2D eigenvalue weighted by atomic mass is 16.3. The second-order valence-electron chi connectivity index (χ2n) is 16.6.